The normalized spacial score (nSPS) is 15.7. The molecule has 0 N–H and O–H groups in total. The highest BCUT2D eigenvalue weighted by molar-refractivity contribution is 7.91. The fourth-order valence-corrected chi connectivity index (χ4v) is 5.72. The summed E-state index contributed by atoms with van der Waals surface area (Å²) in [4.78, 5) is 1.32. The molecule has 0 saturated carbocycles. The Kier molecular flexibility index (Phi) is 6.04. The molecule has 204 valence electrons. The highest BCUT2D eigenvalue weighted by Crippen LogP contribution is 2.48. The molecule has 0 amide bonds. The van der Waals surface area contributed by atoms with Crippen LogP contribution in [0.1, 0.15) is 12.0 Å². The SMILES string of the molecule is Cc1cc(-c2ccc3c(c2)OC2=CC=C4CC(S(=O)(=O)Oc5c(F)c(F)c(F)c(F)c5F)=CC=C4N23)ccc1Cl. The summed E-state index contributed by atoms with van der Waals surface area (Å²) in [5, 5.41) is 0.651. The zero-order chi connectivity index (χ0) is 28.5. The lowest BCUT2D eigenvalue weighted by Gasteiger charge is -2.29. The van der Waals surface area contributed by atoms with Crippen molar-refractivity contribution in [2.75, 3.05) is 4.90 Å². The minimum absolute atomic E-state index is 0.276. The molecule has 0 unspecified atom stereocenters. The average Bonchev–Trinajstić information content (AvgIpc) is 3.32. The van der Waals surface area contributed by atoms with Crippen molar-refractivity contribution in [1.29, 1.82) is 0 Å². The molecule has 0 bridgehead atoms. The third-order valence-electron chi connectivity index (χ3n) is 6.60. The molecule has 0 saturated heterocycles. The first-order valence-corrected chi connectivity index (χ1v) is 13.4. The third kappa shape index (κ3) is 4.08. The highest BCUT2D eigenvalue weighted by Gasteiger charge is 2.37. The van der Waals surface area contributed by atoms with Gasteiger partial charge in [-0.15, -0.1) is 0 Å². The zero-order valence-corrected chi connectivity index (χ0v) is 21.8. The predicted octanol–water partition coefficient (Wildman–Crippen LogP) is 7.57. The van der Waals surface area contributed by atoms with Gasteiger partial charge in [0.15, 0.2) is 5.75 Å². The van der Waals surface area contributed by atoms with Crippen molar-refractivity contribution in [3.05, 3.63) is 122 Å². The van der Waals surface area contributed by atoms with E-state index in [1.54, 1.807) is 17.1 Å². The van der Waals surface area contributed by atoms with Crippen LogP contribution in [0.2, 0.25) is 5.02 Å². The summed E-state index contributed by atoms with van der Waals surface area (Å²) in [5.41, 5.74) is 4.50. The molecule has 2 heterocycles. The summed E-state index contributed by atoms with van der Waals surface area (Å²) in [6.45, 7) is 1.90. The van der Waals surface area contributed by atoms with E-state index >= 15 is 0 Å². The Labute approximate surface area is 229 Å². The van der Waals surface area contributed by atoms with Gasteiger partial charge in [0.05, 0.1) is 16.3 Å². The van der Waals surface area contributed by atoms with E-state index in [2.05, 4.69) is 4.18 Å². The fraction of sp³-hybridized carbons (Fsp3) is 0.0714. The summed E-state index contributed by atoms with van der Waals surface area (Å²) in [6, 6.07) is 11.3. The molecule has 12 heteroatoms. The first-order valence-electron chi connectivity index (χ1n) is 11.6. The number of fused-ring (bicyclic) bond motifs is 5. The summed E-state index contributed by atoms with van der Waals surface area (Å²) < 4.78 is 105. The van der Waals surface area contributed by atoms with Crippen molar-refractivity contribution >= 4 is 27.4 Å². The Morgan fingerprint density at radius 2 is 1.50 bits per heavy atom. The van der Waals surface area contributed by atoms with Crippen LogP contribution < -0.4 is 13.8 Å². The van der Waals surface area contributed by atoms with Gasteiger partial charge in [-0.3, -0.25) is 4.90 Å². The van der Waals surface area contributed by atoms with Gasteiger partial charge in [0.2, 0.25) is 40.7 Å². The van der Waals surface area contributed by atoms with E-state index in [0.29, 0.717) is 33.6 Å². The number of halogens is 6. The zero-order valence-electron chi connectivity index (χ0n) is 20.2. The van der Waals surface area contributed by atoms with Crippen molar-refractivity contribution in [1.82, 2.24) is 0 Å². The van der Waals surface area contributed by atoms with Gasteiger partial charge in [-0.05, 0) is 71.7 Å². The highest BCUT2D eigenvalue weighted by atomic mass is 35.5. The Bertz CT molecular complexity index is 1850. The number of benzene rings is 3. The van der Waals surface area contributed by atoms with Gasteiger partial charge in [0.1, 0.15) is 0 Å². The molecule has 0 aromatic heterocycles. The smallest absolute Gasteiger partial charge is 0.335 e. The molecule has 6 rings (SSSR count). The largest absolute Gasteiger partial charge is 0.438 e. The van der Waals surface area contributed by atoms with Crippen LogP contribution in [-0.2, 0) is 10.1 Å². The van der Waals surface area contributed by atoms with Crippen molar-refractivity contribution < 1.29 is 39.3 Å². The van der Waals surface area contributed by atoms with Gasteiger partial charge in [-0.25, -0.2) is 13.2 Å². The number of ether oxygens (including phenoxy) is 1. The van der Waals surface area contributed by atoms with Crippen LogP contribution in [0.3, 0.4) is 0 Å². The van der Waals surface area contributed by atoms with E-state index in [-0.39, 0.29) is 6.42 Å². The van der Waals surface area contributed by atoms with Crippen LogP contribution in [0.4, 0.5) is 27.6 Å². The van der Waals surface area contributed by atoms with E-state index in [4.69, 9.17) is 16.3 Å². The van der Waals surface area contributed by atoms with Crippen molar-refractivity contribution in [2.24, 2.45) is 0 Å². The van der Waals surface area contributed by atoms with E-state index in [1.165, 1.54) is 6.08 Å². The van der Waals surface area contributed by atoms with E-state index in [9.17, 15) is 30.4 Å². The van der Waals surface area contributed by atoms with Crippen molar-refractivity contribution in [3.63, 3.8) is 0 Å². The number of hydrogen-bond acceptors (Lipinski definition) is 5. The minimum atomic E-state index is -4.94. The van der Waals surface area contributed by atoms with Gasteiger partial charge in [0, 0.05) is 11.4 Å². The second kappa shape index (κ2) is 9.24. The first kappa shape index (κ1) is 26.1. The molecule has 2 aliphatic heterocycles. The first-order chi connectivity index (χ1) is 19.0. The van der Waals surface area contributed by atoms with Crippen LogP contribution in [0.5, 0.6) is 11.5 Å². The molecule has 0 spiro atoms. The van der Waals surface area contributed by atoms with Gasteiger partial charge in [-0.2, -0.15) is 17.2 Å². The standard InChI is InChI=1S/C28H15ClF5NO4S/c1-13-10-14(2-6-18(13)29)15-3-7-20-21(12-15)38-22-9-4-16-11-17(5-8-19(16)35(20)22)40(36,37)39-28-26(33)24(31)23(30)25(32)27(28)34/h2-10,12H,11H2,1H3. The van der Waals surface area contributed by atoms with Crippen LogP contribution in [-0.4, -0.2) is 8.42 Å². The number of hydrogen-bond donors (Lipinski definition) is 0. The van der Waals surface area contributed by atoms with E-state index in [0.717, 1.165) is 22.8 Å². The molecule has 3 aromatic rings. The van der Waals surface area contributed by atoms with Crippen LogP contribution >= 0.6 is 11.6 Å². The molecule has 5 nitrogen and oxygen atoms in total. The number of allylic oxidation sites excluding steroid dienone is 6. The lowest BCUT2D eigenvalue weighted by molar-refractivity contribution is 0.347. The maximum Gasteiger partial charge on any atom is 0.335 e. The number of aryl methyl sites for hydroxylation is 1. The molecule has 0 radical (unpaired) electrons. The maximum absolute atomic E-state index is 14.0. The van der Waals surface area contributed by atoms with Crippen molar-refractivity contribution in [3.8, 4) is 22.6 Å². The average molecular weight is 592 g/mol. The molecule has 40 heavy (non-hydrogen) atoms. The summed E-state index contributed by atoms with van der Waals surface area (Å²) in [7, 11) is -4.94. The summed E-state index contributed by atoms with van der Waals surface area (Å²) in [5.74, 6) is -12.7. The van der Waals surface area contributed by atoms with Crippen LogP contribution in [0.15, 0.2) is 82.8 Å². The molecular formula is C28H15ClF5NO4S. The fourth-order valence-electron chi connectivity index (χ4n) is 4.56. The predicted molar refractivity (Wildman–Crippen MR) is 137 cm³/mol. The number of nitrogens with zero attached hydrogens (tertiary/aromatic N) is 1. The molecule has 3 aromatic carbocycles. The third-order valence-corrected chi connectivity index (χ3v) is 8.33. The maximum atomic E-state index is 14.0. The second-order valence-electron chi connectivity index (χ2n) is 9.08. The topological polar surface area (TPSA) is 55.8 Å². The summed E-state index contributed by atoms with van der Waals surface area (Å²) >= 11 is 6.14. The quantitative estimate of drug-likeness (QED) is 0.136. The Balaban J connectivity index is 1.32. The minimum Gasteiger partial charge on any atom is -0.438 e. The Morgan fingerprint density at radius 1 is 0.850 bits per heavy atom. The van der Waals surface area contributed by atoms with Crippen LogP contribution in [0.25, 0.3) is 11.1 Å². The molecule has 0 fully saturated rings. The van der Waals surface area contributed by atoms with E-state index in [1.807, 2.05) is 43.3 Å². The molecule has 1 aliphatic carbocycles. The molecular weight excluding hydrogens is 577 g/mol. The monoisotopic (exact) mass is 591 g/mol. The van der Waals surface area contributed by atoms with Gasteiger partial charge in [0.25, 0.3) is 0 Å². The second-order valence-corrected chi connectivity index (χ2v) is 11.1. The molecule has 3 aliphatic rings. The van der Waals surface area contributed by atoms with Gasteiger partial charge < -0.3 is 8.92 Å². The van der Waals surface area contributed by atoms with Crippen LogP contribution in [0, 0.1) is 36.0 Å². The number of rotatable bonds is 4. The number of anilines is 1. The van der Waals surface area contributed by atoms with E-state index < -0.39 is 49.9 Å². The van der Waals surface area contributed by atoms with Gasteiger partial charge in [-0.1, -0.05) is 29.8 Å². The van der Waals surface area contributed by atoms with Crippen molar-refractivity contribution in [2.45, 2.75) is 13.3 Å². The lowest BCUT2D eigenvalue weighted by atomic mass is 9.99. The van der Waals surface area contributed by atoms with Gasteiger partial charge >= 0.3 is 10.1 Å². The Morgan fingerprint density at radius 3 is 2.20 bits per heavy atom. The lowest BCUT2D eigenvalue weighted by Crippen LogP contribution is -2.26. The Hall–Kier alpha value is -4.09. The summed E-state index contributed by atoms with van der Waals surface area (Å²) in [6.07, 6.45) is 5.53. The molecule has 0 atom stereocenters.